The number of nitrogen functional groups attached to an aromatic ring is 1. The lowest BCUT2D eigenvalue weighted by Gasteiger charge is -2.17. The number of halogens is 1. The average molecular weight is 278 g/mol. The van der Waals surface area contributed by atoms with Gasteiger partial charge in [-0.2, -0.15) is 0 Å². The van der Waals surface area contributed by atoms with Gasteiger partial charge >= 0.3 is 0 Å². The Balaban J connectivity index is 2.57. The molecule has 0 saturated heterocycles. The van der Waals surface area contributed by atoms with E-state index in [1.807, 2.05) is 0 Å². The Bertz CT molecular complexity index is 746. The van der Waals surface area contributed by atoms with Crippen LogP contribution in [0.5, 0.6) is 0 Å². The molecular formula is C13H15FN4O2. The third-order valence-electron chi connectivity index (χ3n) is 2.75. The number of hydrogen-bond acceptors (Lipinski definition) is 4. The monoisotopic (exact) mass is 278 g/mol. The minimum absolute atomic E-state index is 0.0259. The summed E-state index contributed by atoms with van der Waals surface area (Å²) in [5, 5.41) is 2.25. The predicted octanol–water partition coefficient (Wildman–Crippen LogP) is 1.63. The Labute approximate surface area is 114 Å². The average Bonchev–Trinajstić information content (AvgIpc) is 2.32. The second-order valence-corrected chi connectivity index (χ2v) is 5.48. The van der Waals surface area contributed by atoms with Crippen LogP contribution >= 0.6 is 0 Å². The Hall–Kier alpha value is -2.44. The second kappa shape index (κ2) is 4.59. The summed E-state index contributed by atoms with van der Waals surface area (Å²) in [7, 11) is 0. The minimum atomic E-state index is -0.711. The van der Waals surface area contributed by atoms with Crippen LogP contribution in [0.1, 0.15) is 20.8 Å². The van der Waals surface area contributed by atoms with Crippen molar-refractivity contribution in [2.24, 2.45) is 5.41 Å². The molecule has 7 heteroatoms. The number of fused-ring (bicyclic) bond motifs is 1. The van der Waals surface area contributed by atoms with Crippen molar-refractivity contribution in [3.05, 3.63) is 28.3 Å². The predicted molar refractivity (Wildman–Crippen MR) is 74.8 cm³/mol. The molecule has 106 valence electrons. The highest BCUT2D eigenvalue weighted by atomic mass is 19.1. The highest BCUT2D eigenvalue weighted by Gasteiger charge is 2.22. The molecule has 0 aliphatic carbocycles. The molecule has 1 aromatic heterocycles. The zero-order valence-corrected chi connectivity index (χ0v) is 11.4. The van der Waals surface area contributed by atoms with Gasteiger partial charge < -0.3 is 5.73 Å². The molecule has 1 heterocycles. The third kappa shape index (κ3) is 2.47. The van der Waals surface area contributed by atoms with Gasteiger partial charge in [-0.3, -0.25) is 19.9 Å². The van der Waals surface area contributed by atoms with E-state index in [0.29, 0.717) is 0 Å². The third-order valence-corrected chi connectivity index (χ3v) is 2.75. The van der Waals surface area contributed by atoms with Crippen LogP contribution in [0, 0.1) is 11.2 Å². The summed E-state index contributed by atoms with van der Waals surface area (Å²) in [4.78, 5) is 30.0. The summed E-state index contributed by atoms with van der Waals surface area (Å²) in [6.07, 6.45) is 0. The van der Waals surface area contributed by atoms with Gasteiger partial charge in [0.1, 0.15) is 16.7 Å². The zero-order valence-electron chi connectivity index (χ0n) is 11.4. The molecule has 0 aliphatic rings. The van der Waals surface area contributed by atoms with Crippen LogP contribution in [-0.2, 0) is 4.79 Å². The molecule has 20 heavy (non-hydrogen) atoms. The first-order valence-electron chi connectivity index (χ1n) is 5.99. The van der Waals surface area contributed by atoms with Gasteiger partial charge in [0, 0.05) is 5.41 Å². The van der Waals surface area contributed by atoms with Gasteiger partial charge in [-0.25, -0.2) is 9.37 Å². The number of nitrogens with one attached hydrogen (secondary N) is 2. The summed E-state index contributed by atoms with van der Waals surface area (Å²) < 4.78 is 13.6. The number of H-pyrrole nitrogens is 1. The van der Waals surface area contributed by atoms with Crippen LogP contribution < -0.4 is 16.6 Å². The summed E-state index contributed by atoms with van der Waals surface area (Å²) in [6, 6.07) is 2.42. The smallest absolute Gasteiger partial charge is 0.263 e. The molecule has 0 fully saturated rings. The second-order valence-electron chi connectivity index (χ2n) is 5.48. The highest BCUT2D eigenvalue weighted by Crippen LogP contribution is 2.20. The first-order chi connectivity index (χ1) is 9.20. The minimum Gasteiger partial charge on any atom is -0.397 e. The lowest BCUT2D eigenvalue weighted by Crippen LogP contribution is -2.29. The number of anilines is 2. The van der Waals surface area contributed by atoms with E-state index in [4.69, 9.17) is 5.73 Å². The fraction of sp³-hybridized carbons (Fsp3) is 0.308. The van der Waals surface area contributed by atoms with Crippen LogP contribution in [-0.4, -0.2) is 15.9 Å². The number of aromatic nitrogens is 2. The van der Waals surface area contributed by atoms with Gasteiger partial charge in [0.05, 0.1) is 5.69 Å². The molecule has 0 unspecified atom stereocenters. The fourth-order valence-corrected chi connectivity index (χ4v) is 1.58. The molecule has 2 rings (SSSR count). The van der Waals surface area contributed by atoms with E-state index in [9.17, 15) is 14.0 Å². The SMILES string of the molecule is CC(C)(C)C(=O)Nc1nc2c(N)ccc(F)c2c(=O)[nH]1. The number of carbonyl (C=O) groups is 1. The van der Waals surface area contributed by atoms with E-state index in [1.165, 1.54) is 6.07 Å². The van der Waals surface area contributed by atoms with Crippen molar-refractivity contribution in [1.29, 1.82) is 0 Å². The molecule has 1 amide bonds. The summed E-state index contributed by atoms with van der Waals surface area (Å²) in [6.45, 7) is 5.15. The number of carbonyl (C=O) groups excluding carboxylic acids is 1. The van der Waals surface area contributed by atoms with E-state index < -0.39 is 16.8 Å². The van der Waals surface area contributed by atoms with E-state index >= 15 is 0 Å². The largest absolute Gasteiger partial charge is 0.397 e. The van der Waals surface area contributed by atoms with Crippen molar-refractivity contribution in [3.63, 3.8) is 0 Å². The lowest BCUT2D eigenvalue weighted by molar-refractivity contribution is -0.123. The molecule has 0 bridgehead atoms. The summed E-state index contributed by atoms with van der Waals surface area (Å²) >= 11 is 0. The Morgan fingerprint density at radius 2 is 2.05 bits per heavy atom. The van der Waals surface area contributed by atoms with Gasteiger partial charge in [-0.1, -0.05) is 20.8 Å². The molecular weight excluding hydrogens is 263 g/mol. The van der Waals surface area contributed by atoms with Crippen molar-refractivity contribution in [2.75, 3.05) is 11.1 Å². The quantitative estimate of drug-likeness (QED) is 0.690. The van der Waals surface area contributed by atoms with Gasteiger partial charge in [0.2, 0.25) is 11.9 Å². The standard InChI is InChI=1S/C13H15FN4O2/c1-13(2,3)11(20)18-12-16-9-7(15)5-4-6(14)8(9)10(19)17-12/h4-5H,15H2,1-3H3,(H2,16,17,18,19,20). The Morgan fingerprint density at radius 1 is 1.40 bits per heavy atom. The Kier molecular flexibility index (Phi) is 3.21. The normalized spacial score (nSPS) is 11.6. The molecule has 0 saturated carbocycles. The van der Waals surface area contributed by atoms with Crippen molar-refractivity contribution in [3.8, 4) is 0 Å². The number of aromatic amines is 1. The number of benzene rings is 1. The maximum absolute atomic E-state index is 13.6. The van der Waals surface area contributed by atoms with Gasteiger partial charge in [0.15, 0.2) is 0 Å². The zero-order chi connectivity index (χ0) is 15.1. The van der Waals surface area contributed by atoms with Crippen LogP contribution in [0.3, 0.4) is 0 Å². The van der Waals surface area contributed by atoms with Crippen molar-refractivity contribution in [1.82, 2.24) is 9.97 Å². The summed E-state index contributed by atoms with van der Waals surface area (Å²) in [5.74, 6) is -1.09. The number of nitrogens with two attached hydrogens (primary N) is 1. The molecule has 0 radical (unpaired) electrons. The molecule has 0 spiro atoms. The molecule has 6 nitrogen and oxygen atoms in total. The van der Waals surface area contributed by atoms with E-state index in [2.05, 4.69) is 15.3 Å². The molecule has 2 aromatic rings. The summed E-state index contributed by atoms with van der Waals surface area (Å²) in [5.41, 5.74) is 4.53. The first-order valence-corrected chi connectivity index (χ1v) is 5.99. The van der Waals surface area contributed by atoms with Gasteiger partial charge in [-0.15, -0.1) is 0 Å². The number of nitrogens with zero attached hydrogens (tertiary/aromatic N) is 1. The highest BCUT2D eigenvalue weighted by molar-refractivity contribution is 5.95. The number of amides is 1. The van der Waals surface area contributed by atoms with E-state index in [0.717, 1.165) is 6.07 Å². The van der Waals surface area contributed by atoms with Gasteiger partial charge in [0.25, 0.3) is 5.56 Å². The van der Waals surface area contributed by atoms with Gasteiger partial charge in [-0.05, 0) is 12.1 Å². The first kappa shape index (κ1) is 14.0. The topological polar surface area (TPSA) is 101 Å². The van der Waals surface area contributed by atoms with E-state index in [-0.39, 0.29) is 28.4 Å². The lowest BCUT2D eigenvalue weighted by atomic mass is 9.96. The van der Waals surface area contributed by atoms with Crippen molar-refractivity contribution in [2.45, 2.75) is 20.8 Å². The molecule has 0 atom stereocenters. The molecule has 0 aliphatic heterocycles. The van der Waals surface area contributed by atoms with Crippen LogP contribution in [0.25, 0.3) is 10.9 Å². The molecule has 1 aromatic carbocycles. The van der Waals surface area contributed by atoms with Crippen LogP contribution in [0.15, 0.2) is 16.9 Å². The maximum Gasteiger partial charge on any atom is 0.263 e. The Morgan fingerprint density at radius 3 is 2.65 bits per heavy atom. The number of rotatable bonds is 1. The van der Waals surface area contributed by atoms with Crippen molar-refractivity contribution < 1.29 is 9.18 Å². The molecule has 4 N–H and O–H groups in total. The van der Waals surface area contributed by atoms with Crippen molar-refractivity contribution >= 4 is 28.4 Å². The number of hydrogen-bond donors (Lipinski definition) is 3. The van der Waals surface area contributed by atoms with E-state index in [1.54, 1.807) is 20.8 Å². The fourth-order valence-electron chi connectivity index (χ4n) is 1.58. The van der Waals surface area contributed by atoms with Crippen LogP contribution in [0.4, 0.5) is 16.0 Å². The van der Waals surface area contributed by atoms with Crippen LogP contribution in [0.2, 0.25) is 0 Å². The maximum atomic E-state index is 13.6.